The fourth-order valence-electron chi connectivity index (χ4n) is 9.03. The Balaban J connectivity index is 1.50. The summed E-state index contributed by atoms with van der Waals surface area (Å²) in [4.78, 5) is 0. The van der Waals surface area contributed by atoms with Gasteiger partial charge in [0.15, 0.2) is 0 Å². The molecular weight excluding hydrogens is 588 g/mol. The average molecular weight is 619 g/mol. The standard InChI is InChI=1S/C45H30O3/c46-43(28-16-4-1-5-17-28)34-25-13-10-22-31(34)37-40(43)38-32-23-11-14-26-35(32)44(47,29-18-6-2-7-19-29)42(38)39-33-24-12-15-27-36(33)45(48,41(37)39)30-20-8-3-9-21-30/h1-27,46-48H/t43-,44-,45-/m0/s1. The molecule has 0 bridgehead atoms. The van der Waals surface area contributed by atoms with E-state index in [9.17, 15) is 15.3 Å². The van der Waals surface area contributed by atoms with Crippen LogP contribution in [0.4, 0.5) is 0 Å². The molecule has 7 aromatic rings. The summed E-state index contributed by atoms with van der Waals surface area (Å²) in [5, 5.41) is 40.6. The summed E-state index contributed by atoms with van der Waals surface area (Å²) in [6.07, 6.45) is 0. The molecule has 10 rings (SSSR count). The maximum Gasteiger partial charge on any atom is 0.142 e. The van der Waals surface area contributed by atoms with Crippen LogP contribution in [-0.4, -0.2) is 15.3 Å². The molecule has 0 saturated carbocycles. The molecule has 0 radical (unpaired) electrons. The van der Waals surface area contributed by atoms with Crippen LogP contribution in [0.5, 0.6) is 0 Å². The molecule has 3 aliphatic rings. The van der Waals surface area contributed by atoms with E-state index in [2.05, 4.69) is 18.2 Å². The van der Waals surface area contributed by atoms with Gasteiger partial charge < -0.3 is 15.3 Å². The van der Waals surface area contributed by atoms with Crippen LogP contribution in [0.15, 0.2) is 164 Å². The smallest absolute Gasteiger partial charge is 0.142 e. The highest BCUT2D eigenvalue weighted by Crippen LogP contribution is 2.68. The molecule has 3 atom stereocenters. The van der Waals surface area contributed by atoms with Crippen molar-refractivity contribution in [2.45, 2.75) is 16.8 Å². The third-order valence-corrected chi connectivity index (χ3v) is 10.9. The van der Waals surface area contributed by atoms with Crippen molar-refractivity contribution in [2.24, 2.45) is 0 Å². The van der Waals surface area contributed by atoms with Gasteiger partial charge in [-0.15, -0.1) is 0 Å². The highest BCUT2D eigenvalue weighted by Gasteiger charge is 2.58. The molecule has 228 valence electrons. The van der Waals surface area contributed by atoms with Crippen LogP contribution in [0, 0.1) is 0 Å². The predicted octanol–water partition coefficient (Wildman–Crippen LogP) is 8.48. The molecule has 0 saturated heterocycles. The Kier molecular flexibility index (Phi) is 5.44. The first kappa shape index (κ1) is 27.5. The lowest BCUT2D eigenvalue weighted by atomic mass is 9.73. The van der Waals surface area contributed by atoms with Crippen LogP contribution in [0.25, 0.3) is 33.4 Å². The third-order valence-electron chi connectivity index (χ3n) is 10.9. The Hall–Kier alpha value is -5.58. The van der Waals surface area contributed by atoms with E-state index in [1.54, 1.807) is 0 Å². The van der Waals surface area contributed by atoms with E-state index >= 15 is 0 Å². The SMILES string of the molecule is O[C@@]1(c2ccccc2)c2ccccc2-c2c1c1c(c3c2[C@](O)(c2ccccc2)c2ccccc2-3)[C@](O)(c2ccccc2)c2ccccc2-1. The Morgan fingerprint density at radius 3 is 0.771 bits per heavy atom. The molecular formula is C45H30O3. The lowest BCUT2D eigenvalue weighted by Gasteiger charge is -2.34. The highest BCUT2D eigenvalue weighted by molar-refractivity contribution is 6.05. The Morgan fingerprint density at radius 2 is 0.500 bits per heavy atom. The summed E-state index contributed by atoms with van der Waals surface area (Å²) >= 11 is 0. The topological polar surface area (TPSA) is 60.7 Å². The summed E-state index contributed by atoms with van der Waals surface area (Å²) in [5.41, 5.74) is 6.78. The van der Waals surface area contributed by atoms with Gasteiger partial charge in [0.2, 0.25) is 0 Å². The van der Waals surface area contributed by atoms with Gasteiger partial charge in [0.1, 0.15) is 16.8 Å². The van der Waals surface area contributed by atoms with Crippen LogP contribution < -0.4 is 0 Å². The first-order chi connectivity index (χ1) is 23.5. The van der Waals surface area contributed by atoms with E-state index < -0.39 is 16.8 Å². The Labute approximate surface area is 278 Å². The normalized spacial score (nSPS) is 22.3. The quantitative estimate of drug-likeness (QED) is 0.186. The van der Waals surface area contributed by atoms with Crippen LogP contribution >= 0.6 is 0 Å². The molecule has 0 aliphatic heterocycles. The lowest BCUT2D eigenvalue weighted by Crippen LogP contribution is -2.31. The highest BCUT2D eigenvalue weighted by atomic mass is 16.3. The zero-order valence-electron chi connectivity index (χ0n) is 25.9. The third kappa shape index (κ3) is 3.14. The van der Waals surface area contributed by atoms with Gasteiger partial charge in [-0.1, -0.05) is 164 Å². The molecule has 7 aromatic carbocycles. The molecule has 0 amide bonds. The lowest BCUT2D eigenvalue weighted by molar-refractivity contribution is 0.123. The molecule has 0 unspecified atom stereocenters. The van der Waals surface area contributed by atoms with Gasteiger partial charge in [-0.25, -0.2) is 0 Å². The minimum absolute atomic E-state index is 0.685. The van der Waals surface area contributed by atoms with Crippen LogP contribution in [-0.2, 0) is 16.8 Å². The molecule has 0 aromatic heterocycles. The second kappa shape index (κ2) is 9.50. The Bertz CT molecular complexity index is 2140. The van der Waals surface area contributed by atoms with Crippen molar-refractivity contribution in [2.75, 3.05) is 0 Å². The minimum Gasteiger partial charge on any atom is -0.376 e. The van der Waals surface area contributed by atoms with Gasteiger partial charge in [-0.05, 0) is 50.1 Å². The van der Waals surface area contributed by atoms with E-state index in [1.165, 1.54) is 0 Å². The molecule has 0 fully saturated rings. The summed E-state index contributed by atoms with van der Waals surface area (Å²) in [7, 11) is 0. The van der Waals surface area contributed by atoms with E-state index in [0.717, 1.165) is 66.8 Å². The number of aliphatic hydroxyl groups is 3. The minimum atomic E-state index is -1.58. The van der Waals surface area contributed by atoms with Gasteiger partial charge >= 0.3 is 0 Å². The molecule has 3 N–H and O–H groups in total. The molecule has 48 heavy (non-hydrogen) atoms. The van der Waals surface area contributed by atoms with Gasteiger partial charge in [0, 0.05) is 33.4 Å². The maximum atomic E-state index is 13.5. The van der Waals surface area contributed by atoms with Gasteiger partial charge in [-0.2, -0.15) is 0 Å². The van der Waals surface area contributed by atoms with Crippen LogP contribution in [0.2, 0.25) is 0 Å². The molecule has 3 nitrogen and oxygen atoms in total. The van der Waals surface area contributed by atoms with Crippen molar-refractivity contribution in [3.8, 4) is 33.4 Å². The average Bonchev–Trinajstić information content (AvgIpc) is 3.70. The Morgan fingerprint density at radius 1 is 0.271 bits per heavy atom. The fourth-order valence-corrected chi connectivity index (χ4v) is 9.03. The van der Waals surface area contributed by atoms with Gasteiger partial charge in [-0.3, -0.25) is 0 Å². The number of benzene rings is 7. The molecule has 3 aliphatic carbocycles. The maximum absolute atomic E-state index is 13.5. The van der Waals surface area contributed by atoms with Crippen molar-refractivity contribution in [3.63, 3.8) is 0 Å². The first-order valence-corrected chi connectivity index (χ1v) is 16.4. The molecule has 0 spiro atoms. The monoisotopic (exact) mass is 618 g/mol. The van der Waals surface area contributed by atoms with E-state index in [4.69, 9.17) is 0 Å². The second-order valence-corrected chi connectivity index (χ2v) is 13.1. The summed E-state index contributed by atoms with van der Waals surface area (Å²) in [6, 6.07) is 53.4. The predicted molar refractivity (Wildman–Crippen MR) is 188 cm³/mol. The summed E-state index contributed by atoms with van der Waals surface area (Å²) in [6.45, 7) is 0. The van der Waals surface area contributed by atoms with E-state index in [1.807, 2.05) is 146 Å². The van der Waals surface area contributed by atoms with Crippen molar-refractivity contribution in [1.29, 1.82) is 0 Å². The molecule has 3 heteroatoms. The van der Waals surface area contributed by atoms with Gasteiger partial charge in [0.25, 0.3) is 0 Å². The zero-order chi connectivity index (χ0) is 32.3. The van der Waals surface area contributed by atoms with Crippen LogP contribution in [0.3, 0.4) is 0 Å². The van der Waals surface area contributed by atoms with Crippen molar-refractivity contribution < 1.29 is 15.3 Å². The van der Waals surface area contributed by atoms with Crippen molar-refractivity contribution in [1.82, 2.24) is 0 Å². The number of rotatable bonds is 3. The number of fused-ring (bicyclic) bond motifs is 12. The molecule has 0 heterocycles. The number of hydrogen-bond donors (Lipinski definition) is 3. The largest absolute Gasteiger partial charge is 0.376 e. The summed E-state index contributed by atoms with van der Waals surface area (Å²) < 4.78 is 0. The first-order valence-electron chi connectivity index (χ1n) is 16.4. The zero-order valence-corrected chi connectivity index (χ0v) is 25.9. The second-order valence-electron chi connectivity index (χ2n) is 13.1. The van der Waals surface area contributed by atoms with E-state index in [0.29, 0.717) is 16.7 Å². The van der Waals surface area contributed by atoms with E-state index in [-0.39, 0.29) is 0 Å². The van der Waals surface area contributed by atoms with Crippen molar-refractivity contribution >= 4 is 0 Å². The number of hydrogen-bond acceptors (Lipinski definition) is 3. The van der Waals surface area contributed by atoms with Crippen LogP contribution in [0.1, 0.15) is 50.1 Å². The van der Waals surface area contributed by atoms with Gasteiger partial charge in [0.05, 0.1) is 0 Å². The summed E-state index contributed by atoms with van der Waals surface area (Å²) in [5.74, 6) is 0. The fraction of sp³-hybridized carbons (Fsp3) is 0.0667. The van der Waals surface area contributed by atoms with Crippen molar-refractivity contribution in [3.05, 3.63) is 214 Å².